The summed E-state index contributed by atoms with van der Waals surface area (Å²) in [6.45, 7) is 15.7. The quantitative estimate of drug-likeness (QED) is 0.345. The predicted octanol–water partition coefficient (Wildman–Crippen LogP) is -1.53. The van der Waals surface area contributed by atoms with Gasteiger partial charge in [-0.25, -0.2) is 4.79 Å². The Morgan fingerprint density at radius 3 is 1.83 bits per heavy atom. The molecule has 5 heteroatoms. The van der Waals surface area contributed by atoms with Gasteiger partial charge in [-0.1, -0.05) is 33.9 Å². The maximum absolute atomic E-state index is 10.7. The van der Waals surface area contributed by atoms with Crippen LogP contribution in [-0.4, -0.2) is 18.0 Å². The number of hydrogen-bond acceptors (Lipinski definition) is 4. The van der Waals surface area contributed by atoms with Crippen LogP contribution >= 0.6 is 0 Å². The van der Waals surface area contributed by atoms with Crippen molar-refractivity contribution in [1.82, 2.24) is 0 Å². The molecule has 0 rings (SSSR count). The molecule has 0 saturated carbocycles. The molecule has 0 fully saturated rings. The Balaban J connectivity index is -0.000000277. The van der Waals surface area contributed by atoms with Crippen LogP contribution in [0.25, 0.3) is 0 Å². The fourth-order valence-electron chi connectivity index (χ4n) is 0.399. The summed E-state index contributed by atoms with van der Waals surface area (Å²) in [6, 6.07) is 0. The first-order valence-corrected chi connectivity index (χ1v) is 5.22. The maximum atomic E-state index is 10.7. The monoisotopic (exact) mass is 248 g/mol. The average molecular weight is 248 g/mol. The van der Waals surface area contributed by atoms with Crippen LogP contribution in [0.4, 0.5) is 0 Å². The van der Waals surface area contributed by atoms with Crippen LogP contribution in [0.3, 0.4) is 0 Å². The molecular formula is C13H21LiO4. The summed E-state index contributed by atoms with van der Waals surface area (Å²) in [4.78, 5) is 20.2. The molecule has 4 nitrogen and oxygen atoms in total. The molecule has 1 atom stereocenters. The van der Waals surface area contributed by atoms with E-state index in [4.69, 9.17) is 4.74 Å². The fourth-order valence-corrected chi connectivity index (χ4v) is 0.399. The molecule has 0 aliphatic carbocycles. The Kier molecular flexibility index (Phi) is 12.3. The molecule has 0 aromatic rings. The minimum Gasteiger partial charge on any atom is -0.545 e. The first kappa shape index (κ1) is 22.2. The molecule has 0 aliphatic rings. The molecule has 0 N–H and O–H groups in total. The van der Waals surface area contributed by atoms with Crippen LogP contribution in [0.5, 0.6) is 0 Å². The molecule has 0 amide bonds. The summed E-state index contributed by atoms with van der Waals surface area (Å²) >= 11 is 0. The third kappa shape index (κ3) is 13.1. The van der Waals surface area contributed by atoms with Crippen LogP contribution in [0.15, 0.2) is 24.8 Å². The van der Waals surface area contributed by atoms with E-state index in [0.717, 1.165) is 0 Å². The van der Waals surface area contributed by atoms with E-state index < -0.39 is 5.97 Å². The Hall–Kier alpha value is -0.983. The first-order chi connectivity index (χ1) is 7.52. The second-order valence-electron chi connectivity index (χ2n) is 4.72. The minimum atomic E-state index is -1.19. The topological polar surface area (TPSA) is 66.4 Å². The average Bonchev–Trinajstić information content (AvgIpc) is 2.16. The van der Waals surface area contributed by atoms with Crippen molar-refractivity contribution >= 4 is 11.9 Å². The van der Waals surface area contributed by atoms with Gasteiger partial charge in [-0.2, -0.15) is 0 Å². The molecule has 0 aromatic heterocycles. The molecule has 0 bridgehead atoms. The number of carboxylic acids is 1. The fraction of sp³-hybridized carbons (Fsp3) is 0.538. The van der Waals surface area contributed by atoms with E-state index in [-0.39, 0.29) is 41.9 Å². The molecule has 0 aromatic carbocycles. The van der Waals surface area contributed by atoms with Gasteiger partial charge >= 0.3 is 24.8 Å². The maximum Gasteiger partial charge on any atom is 1.00 e. The van der Waals surface area contributed by atoms with Gasteiger partial charge in [-0.3, -0.25) is 0 Å². The zero-order valence-corrected chi connectivity index (χ0v) is 12.2. The van der Waals surface area contributed by atoms with Crippen molar-refractivity contribution in [2.45, 2.75) is 40.7 Å². The van der Waals surface area contributed by atoms with Crippen molar-refractivity contribution < 1.29 is 38.3 Å². The van der Waals surface area contributed by atoms with Crippen LogP contribution in [0.2, 0.25) is 0 Å². The van der Waals surface area contributed by atoms with Crippen LogP contribution in [-0.2, 0) is 14.3 Å². The smallest absolute Gasteiger partial charge is 0.545 e. The Morgan fingerprint density at radius 2 is 1.67 bits per heavy atom. The number of carbonyl (C=O) groups excluding carboxylic acids is 2. The number of rotatable bonds is 3. The standard InChI is InChI=1S/C9H16O2.C4H6O2.Li/c1-6-8(10)11-7(2)9(3,4)5;1-3(2)4(5)6;/h6-7H,1H2,2-5H3;1H2,2H3,(H,5,6);/q;;+1/p-1. The van der Waals surface area contributed by atoms with Crippen LogP contribution in [0.1, 0.15) is 34.6 Å². The van der Waals surface area contributed by atoms with Crippen molar-refractivity contribution in [2.75, 3.05) is 0 Å². The molecule has 0 saturated heterocycles. The number of esters is 1. The molecule has 1 unspecified atom stereocenters. The van der Waals surface area contributed by atoms with E-state index in [1.807, 2.05) is 27.7 Å². The number of carboxylic acid groups (broad SMARTS) is 1. The zero-order chi connectivity index (χ0) is 14.2. The van der Waals surface area contributed by atoms with E-state index in [1.54, 1.807) is 0 Å². The first-order valence-electron chi connectivity index (χ1n) is 5.22. The Labute approximate surface area is 121 Å². The molecule has 0 spiro atoms. The van der Waals surface area contributed by atoms with Gasteiger partial charge in [-0.05, 0) is 24.8 Å². The van der Waals surface area contributed by atoms with Crippen molar-refractivity contribution in [3.05, 3.63) is 24.8 Å². The van der Waals surface area contributed by atoms with E-state index in [9.17, 15) is 14.7 Å². The summed E-state index contributed by atoms with van der Waals surface area (Å²) in [5, 5.41) is 9.49. The third-order valence-corrected chi connectivity index (χ3v) is 2.03. The molecule has 0 aliphatic heterocycles. The summed E-state index contributed by atoms with van der Waals surface area (Å²) in [6.07, 6.45) is 1.11. The predicted molar refractivity (Wildman–Crippen MR) is 65.0 cm³/mol. The number of hydrogen-bond donors (Lipinski definition) is 0. The van der Waals surface area contributed by atoms with Crippen LogP contribution < -0.4 is 24.0 Å². The van der Waals surface area contributed by atoms with E-state index >= 15 is 0 Å². The molecule has 18 heavy (non-hydrogen) atoms. The SMILES string of the molecule is C=C(C)C(=O)[O-].C=CC(=O)OC(C)C(C)(C)C.[Li+]. The summed E-state index contributed by atoms with van der Waals surface area (Å²) in [5.74, 6) is -1.54. The molecule has 98 valence electrons. The van der Waals surface area contributed by atoms with Gasteiger partial charge < -0.3 is 14.6 Å². The second-order valence-corrected chi connectivity index (χ2v) is 4.72. The van der Waals surface area contributed by atoms with Gasteiger partial charge in [-0.15, -0.1) is 0 Å². The normalized spacial score (nSPS) is 10.9. The third-order valence-electron chi connectivity index (χ3n) is 2.03. The number of ether oxygens (including phenoxy) is 1. The largest absolute Gasteiger partial charge is 1.00 e. The Bertz CT molecular complexity index is 291. The second kappa shape index (κ2) is 9.99. The van der Waals surface area contributed by atoms with Gasteiger partial charge in [0.2, 0.25) is 0 Å². The minimum absolute atomic E-state index is 0. The van der Waals surface area contributed by atoms with Gasteiger partial charge in [0.15, 0.2) is 0 Å². The summed E-state index contributed by atoms with van der Waals surface area (Å²) in [5.41, 5.74) is 0.0635. The number of carbonyl (C=O) groups is 2. The number of aliphatic carboxylic acids is 1. The molecule has 0 heterocycles. The van der Waals surface area contributed by atoms with E-state index in [0.29, 0.717) is 0 Å². The van der Waals surface area contributed by atoms with Crippen molar-refractivity contribution in [2.24, 2.45) is 5.41 Å². The van der Waals surface area contributed by atoms with Gasteiger partial charge in [0.1, 0.15) is 6.10 Å². The summed E-state index contributed by atoms with van der Waals surface area (Å²) < 4.78 is 5.01. The van der Waals surface area contributed by atoms with E-state index in [1.165, 1.54) is 13.0 Å². The van der Waals surface area contributed by atoms with Crippen LogP contribution in [0, 0.1) is 5.41 Å². The summed E-state index contributed by atoms with van der Waals surface area (Å²) in [7, 11) is 0. The van der Waals surface area contributed by atoms with Crippen molar-refractivity contribution in [1.29, 1.82) is 0 Å². The van der Waals surface area contributed by atoms with Crippen molar-refractivity contribution in [3.63, 3.8) is 0 Å². The van der Waals surface area contributed by atoms with E-state index in [2.05, 4.69) is 13.2 Å². The zero-order valence-electron chi connectivity index (χ0n) is 12.2. The van der Waals surface area contributed by atoms with Gasteiger partial charge in [0.25, 0.3) is 0 Å². The van der Waals surface area contributed by atoms with Crippen molar-refractivity contribution in [3.8, 4) is 0 Å². The van der Waals surface area contributed by atoms with Gasteiger partial charge in [0, 0.05) is 6.08 Å². The van der Waals surface area contributed by atoms with Gasteiger partial charge in [0.05, 0.1) is 5.97 Å². The molecular weight excluding hydrogens is 227 g/mol. The Morgan fingerprint density at radius 1 is 1.33 bits per heavy atom. The molecule has 0 radical (unpaired) electrons.